The number of carbonyl (C=O) groups excluding carboxylic acids is 1. The Balaban J connectivity index is 2.14. The number of fused-ring (bicyclic) bond motifs is 1. The van der Waals surface area contributed by atoms with E-state index >= 15 is 0 Å². The summed E-state index contributed by atoms with van der Waals surface area (Å²) in [4.78, 5) is 12.8. The second-order valence-electron chi connectivity index (χ2n) is 6.94. The molecular weight excluding hydrogens is 451 g/mol. The van der Waals surface area contributed by atoms with Crippen LogP contribution in [0.15, 0.2) is 54.7 Å². The van der Waals surface area contributed by atoms with Gasteiger partial charge in [0.25, 0.3) is 0 Å². The topological polar surface area (TPSA) is 78.3 Å². The van der Waals surface area contributed by atoms with Crippen molar-refractivity contribution >= 4 is 30.7 Å². The van der Waals surface area contributed by atoms with Gasteiger partial charge in [-0.1, -0.05) is 29.8 Å². The molecule has 0 aliphatic carbocycles. The number of nitrogens with one attached hydrogen (secondary N) is 1. The van der Waals surface area contributed by atoms with E-state index in [0.29, 0.717) is 22.8 Å². The molecule has 9 heteroatoms. The number of esters is 1. The number of pyridine rings is 1. The normalized spacial score (nSPS) is 12.8. The van der Waals surface area contributed by atoms with Crippen LogP contribution >= 0.6 is 19.2 Å². The average molecular weight is 479 g/mol. The van der Waals surface area contributed by atoms with E-state index in [-0.39, 0.29) is 19.8 Å². The zero-order chi connectivity index (χ0) is 23.1. The van der Waals surface area contributed by atoms with Gasteiger partial charge in [-0.15, -0.1) is 0 Å². The third kappa shape index (κ3) is 5.42. The van der Waals surface area contributed by atoms with E-state index in [0.717, 1.165) is 11.1 Å². The van der Waals surface area contributed by atoms with Gasteiger partial charge in [-0.05, 0) is 56.7 Å². The summed E-state index contributed by atoms with van der Waals surface area (Å²) in [6.45, 7) is 6.21. The molecule has 1 N–H and O–H groups in total. The Morgan fingerprint density at radius 3 is 2.38 bits per heavy atom. The third-order valence-electron chi connectivity index (χ3n) is 4.82. The molecule has 3 aromatic rings. The highest BCUT2D eigenvalue weighted by molar-refractivity contribution is 7.54. The van der Waals surface area contributed by atoms with Crippen LogP contribution in [0.3, 0.4) is 0 Å². The standard InChI is InChI=1S/C23H28ClN2O5P/c1-4-29-23(27)20-15-19-9-7-8-14-26(19)21(20)22(32(28,30-5-2)31-6-3)25-16-17-10-12-18(24)13-11-17/h7-15,22,25H,4-6,16H2,1-3H3. The maximum absolute atomic E-state index is 14.0. The molecule has 2 aromatic heterocycles. The summed E-state index contributed by atoms with van der Waals surface area (Å²) in [5, 5.41) is 3.94. The van der Waals surface area contributed by atoms with Crippen LogP contribution in [0.5, 0.6) is 0 Å². The molecule has 3 rings (SSSR count). The number of nitrogens with zero attached hydrogens (tertiary/aromatic N) is 1. The monoisotopic (exact) mass is 478 g/mol. The molecule has 0 aliphatic rings. The summed E-state index contributed by atoms with van der Waals surface area (Å²) in [7, 11) is -3.72. The molecule has 1 aromatic carbocycles. The average Bonchev–Trinajstić information content (AvgIpc) is 3.15. The molecule has 1 atom stereocenters. The van der Waals surface area contributed by atoms with Crippen molar-refractivity contribution in [1.29, 1.82) is 0 Å². The van der Waals surface area contributed by atoms with Crippen LogP contribution in [0.2, 0.25) is 5.02 Å². The molecule has 2 heterocycles. The number of halogens is 1. The number of ether oxygens (including phenoxy) is 1. The van der Waals surface area contributed by atoms with Crippen LogP contribution in [0.4, 0.5) is 0 Å². The van der Waals surface area contributed by atoms with Crippen LogP contribution in [-0.2, 0) is 24.9 Å². The minimum atomic E-state index is -3.72. The van der Waals surface area contributed by atoms with Gasteiger partial charge in [0.05, 0.1) is 31.1 Å². The van der Waals surface area contributed by atoms with Crippen molar-refractivity contribution in [2.75, 3.05) is 19.8 Å². The SMILES string of the molecule is CCOC(=O)c1cc2ccccn2c1C(NCc1ccc(Cl)cc1)P(=O)(OCC)OCC. The quantitative estimate of drug-likeness (QED) is 0.276. The molecule has 0 aliphatic heterocycles. The predicted molar refractivity (Wildman–Crippen MR) is 125 cm³/mol. The first-order valence-electron chi connectivity index (χ1n) is 10.6. The Labute approximate surface area is 193 Å². The number of carbonyl (C=O) groups is 1. The van der Waals surface area contributed by atoms with Crippen molar-refractivity contribution in [1.82, 2.24) is 9.72 Å². The molecule has 0 saturated carbocycles. The first-order valence-corrected chi connectivity index (χ1v) is 12.6. The van der Waals surface area contributed by atoms with Gasteiger partial charge in [0.2, 0.25) is 0 Å². The van der Waals surface area contributed by atoms with E-state index in [4.69, 9.17) is 25.4 Å². The molecule has 7 nitrogen and oxygen atoms in total. The van der Waals surface area contributed by atoms with E-state index in [2.05, 4.69) is 5.32 Å². The zero-order valence-corrected chi connectivity index (χ0v) is 20.1. The molecule has 32 heavy (non-hydrogen) atoms. The molecule has 0 fully saturated rings. The van der Waals surface area contributed by atoms with Crippen LogP contribution in [-0.4, -0.2) is 30.2 Å². The fraction of sp³-hybridized carbons (Fsp3) is 0.348. The minimum absolute atomic E-state index is 0.189. The Morgan fingerprint density at radius 2 is 1.75 bits per heavy atom. The molecule has 0 spiro atoms. The summed E-state index contributed by atoms with van der Waals surface area (Å²) in [6, 6.07) is 14.6. The predicted octanol–water partition coefficient (Wildman–Crippen LogP) is 5.82. The lowest BCUT2D eigenvalue weighted by atomic mass is 10.2. The summed E-state index contributed by atoms with van der Waals surface area (Å²) >= 11 is 6.00. The maximum Gasteiger partial charge on any atom is 0.353 e. The van der Waals surface area contributed by atoms with Gasteiger partial charge in [0.15, 0.2) is 5.78 Å². The molecule has 1 unspecified atom stereocenters. The molecule has 0 amide bonds. The molecule has 0 saturated heterocycles. The summed E-state index contributed by atoms with van der Waals surface area (Å²) in [5.74, 6) is -1.41. The first kappa shape index (κ1) is 24.5. The molecule has 172 valence electrons. The Bertz CT molecular complexity index is 1090. The number of rotatable bonds is 11. The highest BCUT2D eigenvalue weighted by Crippen LogP contribution is 2.60. The van der Waals surface area contributed by atoms with Crippen molar-refractivity contribution in [2.45, 2.75) is 33.1 Å². The van der Waals surface area contributed by atoms with Gasteiger partial charge >= 0.3 is 13.6 Å². The summed E-state index contributed by atoms with van der Waals surface area (Å²) < 4.78 is 32.5. The van der Waals surface area contributed by atoms with Gasteiger partial charge < -0.3 is 18.2 Å². The number of aromatic nitrogens is 1. The van der Waals surface area contributed by atoms with Crippen molar-refractivity contribution in [2.24, 2.45) is 0 Å². The Morgan fingerprint density at radius 1 is 1.06 bits per heavy atom. The van der Waals surface area contributed by atoms with E-state index in [1.54, 1.807) is 39.0 Å². The van der Waals surface area contributed by atoms with Crippen LogP contribution in [0.1, 0.15) is 48.2 Å². The van der Waals surface area contributed by atoms with E-state index in [1.807, 2.05) is 40.9 Å². The summed E-state index contributed by atoms with van der Waals surface area (Å²) in [6.07, 6.45) is 1.81. The lowest BCUT2D eigenvalue weighted by molar-refractivity contribution is 0.0524. The number of hydrogen-bond acceptors (Lipinski definition) is 6. The smallest absolute Gasteiger partial charge is 0.353 e. The van der Waals surface area contributed by atoms with Gasteiger partial charge in [0.1, 0.15) is 0 Å². The van der Waals surface area contributed by atoms with E-state index in [1.165, 1.54) is 0 Å². The minimum Gasteiger partial charge on any atom is -0.462 e. The lowest BCUT2D eigenvalue weighted by Crippen LogP contribution is -2.26. The molecule has 0 bridgehead atoms. The van der Waals surface area contributed by atoms with E-state index < -0.39 is 19.3 Å². The molecular formula is C23H28ClN2O5P. The largest absolute Gasteiger partial charge is 0.462 e. The van der Waals surface area contributed by atoms with Crippen molar-refractivity contribution in [3.05, 3.63) is 76.6 Å². The number of benzene rings is 1. The van der Waals surface area contributed by atoms with Crippen molar-refractivity contribution in [3.8, 4) is 0 Å². The number of hydrogen-bond donors (Lipinski definition) is 1. The first-order chi connectivity index (χ1) is 15.4. The van der Waals surface area contributed by atoms with Gasteiger partial charge in [-0.2, -0.15) is 0 Å². The van der Waals surface area contributed by atoms with Gasteiger partial charge in [-0.25, -0.2) is 4.79 Å². The fourth-order valence-corrected chi connectivity index (χ4v) is 5.61. The Hall–Kier alpha value is -2.15. The van der Waals surface area contributed by atoms with Crippen molar-refractivity contribution in [3.63, 3.8) is 0 Å². The Kier molecular flexibility index (Phi) is 8.51. The summed E-state index contributed by atoms with van der Waals surface area (Å²) in [5.41, 5.74) is 2.48. The third-order valence-corrected chi connectivity index (χ3v) is 7.37. The van der Waals surface area contributed by atoms with Crippen molar-refractivity contribution < 1.29 is 23.1 Å². The van der Waals surface area contributed by atoms with Crippen LogP contribution in [0, 0.1) is 0 Å². The van der Waals surface area contributed by atoms with Gasteiger partial charge in [0, 0.05) is 23.3 Å². The van der Waals surface area contributed by atoms with E-state index in [9.17, 15) is 9.36 Å². The van der Waals surface area contributed by atoms with Crippen LogP contribution in [0.25, 0.3) is 5.52 Å². The van der Waals surface area contributed by atoms with Gasteiger partial charge in [-0.3, -0.25) is 9.88 Å². The maximum atomic E-state index is 14.0. The fourth-order valence-electron chi connectivity index (χ4n) is 3.52. The second-order valence-corrected chi connectivity index (χ2v) is 9.49. The zero-order valence-electron chi connectivity index (χ0n) is 18.4. The van der Waals surface area contributed by atoms with Crippen LogP contribution < -0.4 is 5.32 Å². The molecule has 0 radical (unpaired) electrons. The second kappa shape index (κ2) is 11.1. The highest BCUT2D eigenvalue weighted by Gasteiger charge is 2.41. The highest BCUT2D eigenvalue weighted by atomic mass is 35.5. The lowest BCUT2D eigenvalue weighted by Gasteiger charge is -2.28.